The van der Waals surface area contributed by atoms with E-state index >= 15 is 0 Å². The van der Waals surface area contributed by atoms with Gasteiger partial charge in [-0.3, -0.25) is 9.59 Å². The number of nitrogens with one attached hydrogen (secondary N) is 1. The minimum absolute atomic E-state index is 0.0163. The van der Waals surface area contributed by atoms with Gasteiger partial charge in [-0.1, -0.05) is 12.8 Å². The number of carboxylic acids is 1. The van der Waals surface area contributed by atoms with Crippen LogP contribution in [0, 0.1) is 0 Å². The van der Waals surface area contributed by atoms with Gasteiger partial charge in [-0.25, -0.2) is 0 Å². The van der Waals surface area contributed by atoms with Crippen molar-refractivity contribution in [3.63, 3.8) is 0 Å². The first-order chi connectivity index (χ1) is 8.59. The fourth-order valence-electron chi connectivity index (χ4n) is 3.01. The molecule has 0 spiro atoms. The average Bonchev–Trinajstić information content (AvgIpc) is 3.12. The predicted molar refractivity (Wildman–Crippen MR) is 67.2 cm³/mol. The van der Waals surface area contributed by atoms with Gasteiger partial charge in [0, 0.05) is 25.0 Å². The van der Waals surface area contributed by atoms with Crippen molar-refractivity contribution in [2.75, 3.05) is 6.54 Å². The Morgan fingerprint density at radius 3 is 2.44 bits per heavy atom. The monoisotopic (exact) mass is 254 g/mol. The number of rotatable bonds is 5. The number of carbonyl (C=O) groups is 2. The van der Waals surface area contributed by atoms with E-state index in [0.717, 1.165) is 38.5 Å². The number of nitrogens with zero attached hydrogens (tertiary/aromatic N) is 1. The van der Waals surface area contributed by atoms with E-state index in [-0.39, 0.29) is 24.5 Å². The zero-order chi connectivity index (χ0) is 13.1. The van der Waals surface area contributed by atoms with Crippen LogP contribution < -0.4 is 5.32 Å². The van der Waals surface area contributed by atoms with Crippen LogP contribution in [-0.4, -0.2) is 46.6 Å². The summed E-state index contributed by atoms with van der Waals surface area (Å²) < 4.78 is 0. The van der Waals surface area contributed by atoms with Crippen LogP contribution in [0.2, 0.25) is 0 Å². The summed E-state index contributed by atoms with van der Waals surface area (Å²) in [5.41, 5.74) is 0. The molecule has 0 aromatic carbocycles. The highest BCUT2D eigenvalue weighted by molar-refractivity contribution is 5.74. The summed E-state index contributed by atoms with van der Waals surface area (Å²) in [5, 5.41) is 11.9. The van der Waals surface area contributed by atoms with Crippen LogP contribution in [0.3, 0.4) is 0 Å². The van der Waals surface area contributed by atoms with Crippen molar-refractivity contribution in [1.29, 1.82) is 0 Å². The third kappa shape index (κ3) is 3.22. The quantitative estimate of drug-likeness (QED) is 0.767. The maximum absolute atomic E-state index is 11.8. The van der Waals surface area contributed by atoms with Gasteiger partial charge in [0.15, 0.2) is 0 Å². The van der Waals surface area contributed by atoms with Crippen molar-refractivity contribution in [2.45, 2.75) is 63.6 Å². The van der Waals surface area contributed by atoms with Crippen LogP contribution in [0.15, 0.2) is 0 Å². The summed E-state index contributed by atoms with van der Waals surface area (Å²) in [6.07, 6.45) is 6.40. The van der Waals surface area contributed by atoms with Gasteiger partial charge in [-0.2, -0.15) is 0 Å². The molecule has 0 aromatic heterocycles. The van der Waals surface area contributed by atoms with E-state index in [1.807, 2.05) is 4.90 Å². The summed E-state index contributed by atoms with van der Waals surface area (Å²) >= 11 is 0. The van der Waals surface area contributed by atoms with Crippen LogP contribution in [0.25, 0.3) is 0 Å². The van der Waals surface area contributed by atoms with Crippen molar-refractivity contribution in [3.8, 4) is 0 Å². The summed E-state index contributed by atoms with van der Waals surface area (Å²) in [6.45, 7) is 1.61. The maximum Gasteiger partial charge on any atom is 0.317 e. The molecule has 2 atom stereocenters. The molecule has 0 aliphatic heterocycles. The molecule has 2 fully saturated rings. The molecule has 102 valence electrons. The van der Waals surface area contributed by atoms with Gasteiger partial charge in [-0.15, -0.1) is 0 Å². The number of amides is 1. The summed E-state index contributed by atoms with van der Waals surface area (Å²) in [5.74, 6) is -0.702. The minimum atomic E-state index is -0.833. The van der Waals surface area contributed by atoms with Crippen molar-refractivity contribution >= 4 is 11.9 Å². The second kappa shape index (κ2) is 5.69. The van der Waals surface area contributed by atoms with Crippen molar-refractivity contribution in [1.82, 2.24) is 10.2 Å². The summed E-state index contributed by atoms with van der Waals surface area (Å²) in [4.78, 5) is 24.4. The lowest BCUT2D eigenvalue weighted by Crippen LogP contribution is -2.54. The zero-order valence-electron chi connectivity index (χ0n) is 10.9. The number of carbonyl (C=O) groups excluding carboxylic acids is 1. The molecule has 1 amide bonds. The molecular formula is C13H22N2O3. The highest BCUT2D eigenvalue weighted by Gasteiger charge is 2.39. The van der Waals surface area contributed by atoms with Gasteiger partial charge in [0.2, 0.25) is 5.91 Å². The molecule has 2 aliphatic rings. The Hall–Kier alpha value is -1.10. The van der Waals surface area contributed by atoms with Crippen LogP contribution in [0.1, 0.15) is 45.4 Å². The predicted octanol–water partition coefficient (Wildman–Crippen LogP) is 0.983. The standard InChI is InChI=1S/C13H22N2O3/c1-9(16)15(10-6-7-10)12-5-3-2-4-11(12)14-8-13(17)18/h10-12,14H,2-8H2,1H3,(H,17,18)/t11-,12+/m1/s1. The smallest absolute Gasteiger partial charge is 0.317 e. The van der Waals surface area contributed by atoms with Crippen molar-refractivity contribution < 1.29 is 14.7 Å². The molecule has 5 heteroatoms. The van der Waals surface area contributed by atoms with E-state index in [4.69, 9.17) is 5.11 Å². The third-order valence-corrected chi connectivity index (χ3v) is 3.91. The first kappa shape index (κ1) is 13.3. The molecule has 2 aliphatic carbocycles. The largest absolute Gasteiger partial charge is 0.480 e. The topological polar surface area (TPSA) is 69.6 Å². The van der Waals surface area contributed by atoms with Crippen LogP contribution in [-0.2, 0) is 9.59 Å². The fraction of sp³-hybridized carbons (Fsp3) is 0.846. The Morgan fingerprint density at radius 1 is 1.22 bits per heavy atom. The molecule has 0 unspecified atom stereocenters. The number of hydrogen-bond donors (Lipinski definition) is 2. The van der Waals surface area contributed by atoms with E-state index in [1.54, 1.807) is 6.92 Å². The molecule has 0 bridgehead atoms. The molecule has 5 nitrogen and oxygen atoms in total. The number of hydrogen-bond acceptors (Lipinski definition) is 3. The molecule has 2 N–H and O–H groups in total. The van der Waals surface area contributed by atoms with E-state index in [0.29, 0.717) is 6.04 Å². The van der Waals surface area contributed by atoms with Gasteiger partial charge in [0.05, 0.1) is 6.54 Å². The first-order valence-corrected chi connectivity index (χ1v) is 6.83. The van der Waals surface area contributed by atoms with Gasteiger partial charge >= 0.3 is 5.97 Å². The minimum Gasteiger partial charge on any atom is -0.480 e. The third-order valence-electron chi connectivity index (χ3n) is 3.91. The Kier molecular flexibility index (Phi) is 4.22. The number of aliphatic carboxylic acids is 1. The van der Waals surface area contributed by atoms with Gasteiger partial charge in [0.25, 0.3) is 0 Å². The average molecular weight is 254 g/mol. The highest BCUT2D eigenvalue weighted by Crippen LogP contribution is 2.33. The van der Waals surface area contributed by atoms with E-state index < -0.39 is 5.97 Å². The second-order valence-electron chi connectivity index (χ2n) is 5.39. The Labute approximate surface area is 108 Å². The van der Waals surface area contributed by atoms with Gasteiger partial charge in [-0.05, 0) is 25.7 Å². The molecule has 0 aromatic rings. The van der Waals surface area contributed by atoms with Crippen LogP contribution in [0.4, 0.5) is 0 Å². The van der Waals surface area contributed by atoms with Crippen LogP contribution >= 0.6 is 0 Å². The molecule has 18 heavy (non-hydrogen) atoms. The number of carboxylic acid groups (broad SMARTS) is 1. The summed E-state index contributed by atoms with van der Waals surface area (Å²) in [6, 6.07) is 0.724. The van der Waals surface area contributed by atoms with Crippen molar-refractivity contribution in [3.05, 3.63) is 0 Å². The highest BCUT2D eigenvalue weighted by atomic mass is 16.4. The van der Waals surface area contributed by atoms with E-state index in [9.17, 15) is 9.59 Å². The molecule has 0 heterocycles. The molecule has 2 rings (SSSR count). The zero-order valence-corrected chi connectivity index (χ0v) is 10.9. The lowest BCUT2D eigenvalue weighted by atomic mass is 9.88. The maximum atomic E-state index is 11.8. The summed E-state index contributed by atoms with van der Waals surface area (Å²) in [7, 11) is 0. The van der Waals surface area contributed by atoms with Crippen LogP contribution in [0.5, 0.6) is 0 Å². The first-order valence-electron chi connectivity index (χ1n) is 6.83. The van der Waals surface area contributed by atoms with E-state index in [2.05, 4.69) is 5.32 Å². The van der Waals surface area contributed by atoms with Crippen molar-refractivity contribution in [2.24, 2.45) is 0 Å². The lowest BCUT2D eigenvalue weighted by molar-refractivity contribution is -0.136. The van der Waals surface area contributed by atoms with E-state index in [1.165, 1.54) is 0 Å². The normalized spacial score (nSPS) is 27.8. The Morgan fingerprint density at radius 2 is 1.89 bits per heavy atom. The van der Waals surface area contributed by atoms with Gasteiger partial charge in [0.1, 0.15) is 0 Å². The second-order valence-corrected chi connectivity index (χ2v) is 5.39. The Bertz CT molecular complexity index is 328. The molecule has 0 radical (unpaired) electrons. The SMILES string of the molecule is CC(=O)N(C1CC1)[C@H]1CCCC[C@H]1NCC(=O)O. The molecular weight excluding hydrogens is 232 g/mol. The molecule has 2 saturated carbocycles. The van der Waals surface area contributed by atoms with Gasteiger partial charge < -0.3 is 15.3 Å². The lowest BCUT2D eigenvalue weighted by Gasteiger charge is -2.40. The molecule has 0 saturated heterocycles. The Balaban J connectivity index is 2.01. The fourth-order valence-corrected chi connectivity index (χ4v) is 3.01.